The number of fused-ring (bicyclic) bond motifs is 1. The van der Waals surface area contributed by atoms with Gasteiger partial charge in [0.05, 0.1) is 5.69 Å². The van der Waals surface area contributed by atoms with Crippen LogP contribution in [0.5, 0.6) is 0 Å². The molecule has 0 radical (unpaired) electrons. The number of H-pyrrole nitrogens is 1. The molecule has 32 heavy (non-hydrogen) atoms. The van der Waals surface area contributed by atoms with E-state index in [-0.39, 0.29) is 4.90 Å². The molecule has 0 atom stereocenters. The maximum Gasteiger partial charge on any atom is 0.269 e. The first-order valence-electron chi connectivity index (χ1n) is 10.3. The summed E-state index contributed by atoms with van der Waals surface area (Å²) >= 11 is 0. The molecule has 0 saturated heterocycles. The third kappa shape index (κ3) is 3.62. The maximum atomic E-state index is 13.4. The topological polar surface area (TPSA) is 79.8 Å². The third-order valence-electron chi connectivity index (χ3n) is 5.42. The average molecular weight is 443 g/mol. The number of aromatic nitrogens is 3. The van der Waals surface area contributed by atoms with Gasteiger partial charge in [0.15, 0.2) is 0 Å². The van der Waals surface area contributed by atoms with Gasteiger partial charge in [-0.25, -0.2) is 12.4 Å². The molecule has 2 N–H and O–H groups in total. The Labute approximate surface area is 186 Å². The van der Waals surface area contributed by atoms with E-state index in [4.69, 9.17) is 0 Å². The molecule has 3 heterocycles. The molecule has 160 valence electrons. The quantitative estimate of drug-likeness (QED) is 0.401. The van der Waals surface area contributed by atoms with Gasteiger partial charge in [0.2, 0.25) is 0 Å². The first kappa shape index (κ1) is 20.2. The van der Waals surface area contributed by atoms with Crippen molar-refractivity contribution in [3.63, 3.8) is 0 Å². The minimum absolute atomic E-state index is 0.155. The summed E-state index contributed by atoms with van der Waals surface area (Å²) in [6.07, 6.45) is 4.61. The predicted octanol–water partition coefficient (Wildman–Crippen LogP) is 4.65. The summed E-state index contributed by atoms with van der Waals surface area (Å²) in [5.74, 6) is 0. The van der Waals surface area contributed by atoms with Crippen LogP contribution in [0.15, 0.2) is 96.3 Å². The van der Waals surface area contributed by atoms with Crippen LogP contribution in [0.1, 0.15) is 5.56 Å². The van der Waals surface area contributed by atoms with Crippen molar-refractivity contribution in [1.82, 2.24) is 19.3 Å². The number of hydrogen-bond acceptors (Lipinski definition) is 4. The van der Waals surface area contributed by atoms with Crippen molar-refractivity contribution in [2.24, 2.45) is 0 Å². The van der Waals surface area contributed by atoms with Gasteiger partial charge < -0.3 is 10.3 Å². The minimum atomic E-state index is -3.79. The van der Waals surface area contributed by atoms with Crippen LogP contribution in [0.2, 0.25) is 0 Å². The standard InChI is InChI=1S/C25H22N4O2S/c1-26-15-18-12-25(29(17-18)32(30,31)22-8-5-11-27-16-22)20-9-10-23-21(13-20)14-24(28-23)19-6-3-2-4-7-19/h2-14,16-17,26,28H,15H2,1H3. The van der Waals surface area contributed by atoms with Gasteiger partial charge in [-0.1, -0.05) is 36.4 Å². The molecule has 0 unspecified atom stereocenters. The van der Waals surface area contributed by atoms with Crippen LogP contribution >= 0.6 is 0 Å². The Morgan fingerprint density at radius 3 is 2.56 bits per heavy atom. The molecule has 0 saturated carbocycles. The Morgan fingerprint density at radius 1 is 0.969 bits per heavy atom. The summed E-state index contributed by atoms with van der Waals surface area (Å²) in [7, 11) is -1.95. The van der Waals surface area contributed by atoms with Crippen LogP contribution in [0.25, 0.3) is 33.4 Å². The van der Waals surface area contributed by atoms with Gasteiger partial charge in [0.25, 0.3) is 10.0 Å². The second-order valence-corrected chi connectivity index (χ2v) is 9.42. The van der Waals surface area contributed by atoms with Crippen molar-refractivity contribution >= 4 is 20.9 Å². The molecular formula is C25H22N4O2S. The van der Waals surface area contributed by atoms with E-state index in [1.165, 1.54) is 10.2 Å². The average Bonchev–Trinajstić information content (AvgIpc) is 3.45. The summed E-state index contributed by atoms with van der Waals surface area (Å²) < 4.78 is 28.1. The van der Waals surface area contributed by atoms with E-state index in [1.54, 1.807) is 24.5 Å². The first-order chi connectivity index (χ1) is 15.6. The summed E-state index contributed by atoms with van der Waals surface area (Å²) in [5, 5.41) is 4.11. The number of rotatable bonds is 6. The van der Waals surface area contributed by atoms with Crippen LogP contribution < -0.4 is 5.32 Å². The van der Waals surface area contributed by atoms with Gasteiger partial charge in [-0.3, -0.25) is 4.98 Å². The van der Waals surface area contributed by atoms with E-state index < -0.39 is 10.0 Å². The lowest BCUT2D eigenvalue weighted by molar-refractivity contribution is 0.587. The number of aromatic amines is 1. The highest BCUT2D eigenvalue weighted by molar-refractivity contribution is 7.90. The molecule has 0 bridgehead atoms. The van der Waals surface area contributed by atoms with Crippen molar-refractivity contribution < 1.29 is 8.42 Å². The van der Waals surface area contributed by atoms with Gasteiger partial charge in [0.1, 0.15) is 4.90 Å². The van der Waals surface area contributed by atoms with E-state index in [0.29, 0.717) is 12.2 Å². The van der Waals surface area contributed by atoms with Crippen LogP contribution in [0.4, 0.5) is 0 Å². The highest BCUT2D eigenvalue weighted by Crippen LogP contribution is 2.31. The van der Waals surface area contributed by atoms with Crippen molar-refractivity contribution in [2.75, 3.05) is 7.05 Å². The summed E-state index contributed by atoms with van der Waals surface area (Å²) in [6.45, 7) is 0.563. The van der Waals surface area contributed by atoms with Gasteiger partial charge in [0, 0.05) is 41.7 Å². The second kappa shape index (κ2) is 8.11. The molecule has 5 rings (SSSR count). The predicted molar refractivity (Wildman–Crippen MR) is 127 cm³/mol. The fourth-order valence-electron chi connectivity index (χ4n) is 3.89. The van der Waals surface area contributed by atoms with E-state index >= 15 is 0 Å². The lowest BCUT2D eigenvalue weighted by atomic mass is 10.1. The summed E-state index contributed by atoms with van der Waals surface area (Å²) in [5.41, 5.74) is 5.44. The first-order valence-corrected chi connectivity index (χ1v) is 11.7. The molecule has 0 amide bonds. The molecule has 3 aromatic heterocycles. The number of nitrogens with zero attached hydrogens (tertiary/aromatic N) is 2. The molecule has 5 aromatic rings. The van der Waals surface area contributed by atoms with Gasteiger partial charge in [-0.15, -0.1) is 0 Å². The number of benzene rings is 2. The van der Waals surface area contributed by atoms with E-state index in [2.05, 4.69) is 33.5 Å². The lowest BCUT2D eigenvalue weighted by Gasteiger charge is -2.10. The molecule has 0 aliphatic heterocycles. The monoisotopic (exact) mass is 442 g/mol. The summed E-state index contributed by atoms with van der Waals surface area (Å²) in [6, 6.07) is 23.3. The molecule has 0 fully saturated rings. The SMILES string of the molecule is CNCc1cc(-c2ccc3[nH]c(-c4ccccc4)cc3c2)n(S(=O)(=O)c2cccnc2)c1. The van der Waals surface area contributed by atoms with E-state index in [1.807, 2.05) is 49.5 Å². The lowest BCUT2D eigenvalue weighted by Crippen LogP contribution is -2.13. The number of nitrogens with one attached hydrogen (secondary N) is 2. The smallest absolute Gasteiger partial charge is 0.269 e. The normalized spacial score (nSPS) is 11.8. The number of pyridine rings is 1. The highest BCUT2D eigenvalue weighted by Gasteiger charge is 2.22. The largest absolute Gasteiger partial charge is 0.355 e. The Bertz CT molecular complexity index is 1490. The van der Waals surface area contributed by atoms with Gasteiger partial charge >= 0.3 is 0 Å². The molecule has 2 aromatic carbocycles. The molecular weight excluding hydrogens is 420 g/mol. The second-order valence-electron chi connectivity index (χ2n) is 7.60. The van der Waals surface area contributed by atoms with Crippen LogP contribution in [-0.4, -0.2) is 29.4 Å². The Kier molecular flexibility index (Phi) is 5.13. The summed E-state index contributed by atoms with van der Waals surface area (Å²) in [4.78, 5) is 7.58. The zero-order valence-corrected chi connectivity index (χ0v) is 18.3. The Hall–Kier alpha value is -3.68. The minimum Gasteiger partial charge on any atom is -0.355 e. The van der Waals surface area contributed by atoms with E-state index in [0.717, 1.165) is 33.3 Å². The fourth-order valence-corrected chi connectivity index (χ4v) is 5.25. The molecule has 0 spiro atoms. The maximum absolute atomic E-state index is 13.4. The van der Waals surface area contributed by atoms with Crippen LogP contribution in [0, 0.1) is 0 Å². The zero-order valence-electron chi connectivity index (χ0n) is 17.5. The van der Waals surface area contributed by atoms with Gasteiger partial charge in [-0.2, -0.15) is 0 Å². The highest BCUT2D eigenvalue weighted by atomic mass is 32.2. The van der Waals surface area contributed by atoms with Crippen molar-refractivity contribution in [2.45, 2.75) is 11.4 Å². The Balaban J connectivity index is 1.64. The molecule has 0 aliphatic rings. The number of hydrogen-bond donors (Lipinski definition) is 2. The van der Waals surface area contributed by atoms with Crippen LogP contribution in [-0.2, 0) is 16.6 Å². The third-order valence-corrected chi connectivity index (χ3v) is 7.07. The molecule has 6 nitrogen and oxygen atoms in total. The van der Waals surface area contributed by atoms with Crippen molar-refractivity contribution in [1.29, 1.82) is 0 Å². The molecule has 7 heteroatoms. The van der Waals surface area contributed by atoms with Crippen molar-refractivity contribution in [3.8, 4) is 22.5 Å². The van der Waals surface area contributed by atoms with E-state index in [9.17, 15) is 8.42 Å². The van der Waals surface area contributed by atoms with Crippen LogP contribution in [0.3, 0.4) is 0 Å². The molecule has 0 aliphatic carbocycles. The van der Waals surface area contributed by atoms with Crippen molar-refractivity contribution in [3.05, 3.63) is 97.0 Å². The zero-order chi connectivity index (χ0) is 22.1. The van der Waals surface area contributed by atoms with Gasteiger partial charge in [-0.05, 0) is 60.1 Å². The fraction of sp³-hybridized carbons (Fsp3) is 0.0800. The Morgan fingerprint density at radius 2 is 1.81 bits per heavy atom.